The van der Waals surface area contributed by atoms with Crippen LogP contribution in [0.1, 0.15) is 23.2 Å². The van der Waals surface area contributed by atoms with Crippen LogP contribution in [-0.2, 0) is 0 Å². The maximum Gasteiger partial charge on any atom is 0.254 e. The second kappa shape index (κ2) is 6.16. The minimum absolute atomic E-state index is 0.114. The summed E-state index contributed by atoms with van der Waals surface area (Å²) in [7, 11) is 0. The third kappa shape index (κ3) is 2.80. The lowest BCUT2D eigenvalue weighted by molar-refractivity contribution is 0.0462. The highest BCUT2D eigenvalue weighted by molar-refractivity contribution is 9.10. The van der Waals surface area contributed by atoms with E-state index in [-0.39, 0.29) is 5.91 Å². The zero-order valence-electron chi connectivity index (χ0n) is 14.2. The smallest absolute Gasteiger partial charge is 0.254 e. The van der Waals surface area contributed by atoms with Crippen molar-refractivity contribution in [1.29, 1.82) is 0 Å². The molecule has 1 aliphatic carbocycles. The molecule has 0 N–H and O–H groups in total. The first-order valence-electron chi connectivity index (χ1n) is 8.99. The number of hydrogen-bond donors (Lipinski definition) is 0. The number of aromatic nitrogens is 2. The van der Waals surface area contributed by atoms with Crippen LogP contribution in [0.2, 0.25) is 0 Å². The molecule has 3 aromatic rings. The van der Waals surface area contributed by atoms with E-state index < -0.39 is 0 Å². The lowest BCUT2D eigenvalue weighted by atomic mass is 9.93. The van der Waals surface area contributed by atoms with Gasteiger partial charge in [0.1, 0.15) is 0 Å². The molecular formula is C21H18BrN3O. The van der Waals surface area contributed by atoms with Gasteiger partial charge in [-0.2, -0.15) is 0 Å². The second-order valence-corrected chi connectivity index (χ2v) is 8.18. The van der Waals surface area contributed by atoms with Crippen LogP contribution in [0.4, 0.5) is 0 Å². The zero-order valence-corrected chi connectivity index (χ0v) is 15.8. The van der Waals surface area contributed by atoms with Gasteiger partial charge in [-0.1, -0.05) is 15.9 Å². The molecule has 0 radical (unpaired) electrons. The summed E-state index contributed by atoms with van der Waals surface area (Å²) in [5.74, 6) is 1.68. The standard InChI is InChI=1S/C21H18BrN3O/c22-16-3-4-19-17(9-16)18(10-20(24-19)14-5-7-23-8-6-14)21(26)25-11-15(12-25)13-1-2-13/h3-10,13,15H,1-2,11-12H2. The first-order chi connectivity index (χ1) is 12.7. The number of pyridine rings is 2. The molecule has 0 atom stereocenters. The molecule has 1 amide bonds. The summed E-state index contributed by atoms with van der Waals surface area (Å²) < 4.78 is 0.956. The largest absolute Gasteiger partial charge is 0.338 e. The fourth-order valence-corrected chi connectivity index (χ4v) is 4.12. The molecule has 2 fully saturated rings. The minimum atomic E-state index is 0.114. The highest BCUT2D eigenvalue weighted by Crippen LogP contribution is 2.42. The molecule has 1 aliphatic heterocycles. The molecule has 130 valence electrons. The van der Waals surface area contributed by atoms with Crippen molar-refractivity contribution in [2.45, 2.75) is 12.8 Å². The van der Waals surface area contributed by atoms with Gasteiger partial charge >= 0.3 is 0 Å². The molecule has 5 heteroatoms. The van der Waals surface area contributed by atoms with Crippen LogP contribution in [0.25, 0.3) is 22.2 Å². The highest BCUT2D eigenvalue weighted by Gasteiger charge is 2.41. The Morgan fingerprint density at radius 3 is 2.54 bits per heavy atom. The Labute approximate surface area is 160 Å². The van der Waals surface area contributed by atoms with Crippen LogP contribution in [0, 0.1) is 11.8 Å². The molecule has 26 heavy (non-hydrogen) atoms. The number of halogens is 1. The third-order valence-corrected chi connectivity index (χ3v) is 5.96. The molecule has 1 saturated heterocycles. The Morgan fingerprint density at radius 2 is 1.81 bits per heavy atom. The average molecular weight is 408 g/mol. The van der Waals surface area contributed by atoms with Gasteiger partial charge in [-0.3, -0.25) is 9.78 Å². The van der Waals surface area contributed by atoms with E-state index in [4.69, 9.17) is 4.98 Å². The van der Waals surface area contributed by atoms with Gasteiger partial charge in [-0.25, -0.2) is 4.98 Å². The second-order valence-electron chi connectivity index (χ2n) is 7.26. The Morgan fingerprint density at radius 1 is 1.04 bits per heavy atom. The maximum absolute atomic E-state index is 13.2. The van der Waals surface area contributed by atoms with Crippen molar-refractivity contribution >= 4 is 32.7 Å². The number of amides is 1. The number of hydrogen-bond acceptors (Lipinski definition) is 3. The van der Waals surface area contributed by atoms with Crippen LogP contribution in [0.5, 0.6) is 0 Å². The first kappa shape index (κ1) is 15.9. The van der Waals surface area contributed by atoms with E-state index in [1.807, 2.05) is 41.3 Å². The SMILES string of the molecule is O=C(c1cc(-c2ccncc2)nc2ccc(Br)cc12)N1CC(C2CC2)C1. The van der Waals surface area contributed by atoms with Crippen molar-refractivity contribution < 1.29 is 4.79 Å². The van der Waals surface area contributed by atoms with E-state index in [9.17, 15) is 4.79 Å². The normalized spacial score (nSPS) is 17.3. The molecule has 2 aromatic heterocycles. The van der Waals surface area contributed by atoms with Crippen LogP contribution < -0.4 is 0 Å². The summed E-state index contributed by atoms with van der Waals surface area (Å²) in [5, 5.41) is 0.900. The quantitative estimate of drug-likeness (QED) is 0.639. The van der Waals surface area contributed by atoms with Crippen molar-refractivity contribution in [2.75, 3.05) is 13.1 Å². The number of carbonyl (C=O) groups is 1. The van der Waals surface area contributed by atoms with Crippen LogP contribution >= 0.6 is 15.9 Å². The molecular weight excluding hydrogens is 390 g/mol. The van der Waals surface area contributed by atoms with Gasteiger partial charge in [0.15, 0.2) is 0 Å². The van der Waals surface area contributed by atoms with Crippen molar-refractivity contribution in [2.24, 2.45) is 11.8 Å². The van der Waals surface area contributed by atoms with E-state index >= 15 is 0 Å². The first-order valence-corrected chi connectivity index (χ1v) is 9.78. The molecule has 2 aliphatic rings. The van der Waals surface area contributed by atoms with Crippen molar-refractivity contribution in [3.05, 3.63) is 58.8 Å². The molecule has 0 unspecified atom stereocenters. The number of fused-ring (bicyclic) bond motifs is 1. The fourth-order valence-electron chi connectivity index (χ4n) is 3.76. The van der Waals surface area contributed by atoms with E-state index in [0.29, 0.717) is 5.92 Å². The van der Waals surface area contributed by atoms with Crippen LogP contribution in [0.15, 0.2) is 53.3 Å². The number of carbonyl (C=O) groups excluding carboxylic acids is 1. The topological polar surface area (TPSA) is 46.1 Å². The fraction of sp³-hybridized carbons (Fsp3) is 0.286. The van der Waals surface area contributed by atoms with Gasteiger partial charge in [0.25, 0.3) is 5.91 Å². The predicted octanol–water partition coefficient (Wildman–Crippen LogP) is 4.54. The number of likely N-dealkylation sites (tertiary alicyclic amines) is 1. The van der Waals surface area contributed by atoms with Gasteiger partial charge in [-0.15, -0.1) is 0 Å². The Hall–Kier alpha value is -2.27. The monoisotopic (exact) mass is 407 g/mol. The van der Waals surface area contributed by atoms with E-state index in [0.717, 1.165) is 51.2 Å². The van der Waals surface area contributed by atoms with Crippen molar-refractivity contribution in [3.8, 4) is 11.3 Å². The van der Waals surface area contributed by atoms with Gasteiger partial charge in [0.2, 0.25) is 0 Å². The number of benzene rings is 1. The minimum Gasteiger partial charge on any atom is -0.338 e. The Kier molecular flexibility index (Phi) is 3.78. The highest BCUT2D eigenvalue weighted by atomic mass is 79.9. The summed E-state index contributed by atoms with van der Waals surface area (Å²) in [6.45, 7) is 1.79. The summed E-state index contributed by atoms with van der Waals surface area (Å²) in [6.07, 6.45) is 6.17. The summed E-state index contributed by atoms with van der Waals surface area (Å²) in [5.41, 5.74) is 3.35. The summed E-state index contributed by atoms with van der Waals surface area (Å²) in [4.78, 5) is 24.0. The average Bonchev–Trinajstić information content (AvgIpc) is 3.45. The van der Waals surface area contributed by atoms with Crippen LogP contribution in [0.3, 0.4) is 0 Å². The maximum atomic E-state index is 13.2. The van der Waals surface area contributed by atoms with Gasteiger partial charge in [0.05, 0.1) is 16.8 Å². The molecule has 4 nitrogen and oxygen atoms in total. The van der Waals surface area contributed by atoms with E-state index in [1.165, 1.54) is 12.8 Å². The molecule has 1 saturated carbocycles. The Bertz CT molecular complexity index is 995. The van der Waals surface area contributed by atoms with Gasteiger partial charge in [-0.05, 0) is 61.1 Å². The third-order valence-electron chi connectivity index (χ3n) is 5.46. The van der Waals surface area contributed by atoms with Crippen molar-refractivity contribution in [1.82, 2.24) is 14.9 Å². The van der Waals surface area contributed by atoms with E-state index in [2.05, 4.69) is 20.9 Å². The molecule has 0 bridgehead atoms. The van der Waals surface area contributed by atoms with Crippen LogP contribution in [-0.4, -0.2) is 33.9 Å². The number of nitrogens with zero attached hydrogens (tertiary/aromatic N) is 3. The number of rotatable bonds is 3. The lowest BCUT2D eigenvalue weighted by Crippen LogP contribution is -2.50. The summed E-state index contributed by atoms with van der Waals surface area (Å²) in [6, 6.07) is 11.7. The van der Waals surface area contributed by atoms with Gasteiger partial charge in [0, 0.05) is 40.9 Å². The summed E-state index contributed by atoms with van der Waals surface area (Å²) >= 11 is 3.52. The molecule has 5 rings (SSSR count). The van der Waals surface area contributed by atoms with E-state index in [1.54, 1.807) is 12.4 Å². The van der Waals surface area contributed by atoms with Crippen molar-refractivity contribution in [3.63, 3.8) is 0 Å². The zero-order chi connectivity index (χ0) is 17.7. The molecule has 0 spiro atoms. The Balaban J connectivity index is 1.57. The lowest BCUT2D eigenvalue weighted by Gasteiger charge is -2.39. The molecule has 3 heterocycles. The molecule has 1 aromatic carbocycles. The van der Waals surface area contributed by atoms with Gasteiger partial charge < -0.3 is 4.90 Å². The predicted molar refractivity (Wildman–Crippen MR) is 105 cm³/mol.